The standard InChI is InChI=1S/C17H15FN4O3/c1-10-2-5-13(15(6-10)25-17(23)24-8-18)22-16-12-4-3-11(19)7-14(12)20-9-21-16/h2-7,9H,8,19H2,1H3,(H,20,21,22). The molecule has 128 valence electrons. The summed E-state index contributed by atoms with van der Waals surface area (Å²) in [5, 5.41) is 3.84. The lowest BCUT2D eigenvalue weighted by molar-refractivity contribution is 0.0612. The maximum Gasteiger partial charge on any atom is 0.516 e. The van der Waals surface area contributed by atoms with Crippen molar-refractivity contribution in [3.63, 3.8) is 0 Å². The summed E-state index contributed by atoms with van der Waals surface area (Å²) in [6.07, 6.45) is 0.271. The van der Waals surface area contributed by atoms with Gasteiger partial charge in [0, 0.05) is 11.1 Å². The summed E-state index contributed by atoms with van der Waals surface area (Å²) in [7, 11) is 0. The van der Waals surface area contributed by atoms with Gasteiger partial charge >= 0.3 is 6.16 Å². The van der Waals surface area contributed by atoms with Crippen molar-refractivity contribution >= 4 is 34.3 Å². The molecule has 0 fully saturated rings. The van der Waals surface area contributed by atoms with E-state index in [1.807, 2.05) is 13.0 Å². The van der Waals surface area contributed by atoms with E-state index >= 15 is 0 Å². The number of benzene rings is 2. The molecule has 1 aromatic heterocycles. The summed E-state index contributed by atoms with van der Waals surface area (Å²) in [6, 6.07) is 10.4. The number of nitrogens with zero attached hydrogens (tertiary/aromatic N) is 2. The molecule has 1 heterocycles. The van der Waals surface area contributed by atoms with Crippen LogP contribution in [0.5, 0.6) is 5.75 Å². The van der Waals surface area contributed by atoms with Crippen molar-refractivity contribution in [2.24, 2.45) is 0 Å². The van der Waals surface area contributed by atoms with E-state index in [4.69, 9.17) is 10.5 Å². The summed E-state index contributed by atoms with van der Waals surface area (Å²) >= 11 is 0. The van der Waals surface area contributed by atoms with E-state index in [1.54, 1.807) is 30.3 Å². The van der Waals surface area contributed by atoms with Gasteiger partial charge in [0.15, 0.2) is 5.75 Å². The fourth-order valence-corrected chi connectivity index (χ4v) is 2.28. The molecule has 2 aromatic carbocycles. The van der Waals surface area contributed by atoms with E-state index in [0.717, 1.165) is 10.9 Å². The van der Waals surface area contributed by atoms with Gasteiger partial charge < -0.3 is 20.5 Å². The van der Waals surface area contributed by atoms with Gasteiger partial charge in [-0.15, -0.1) is 0 Å². The van der Waals surface area contributed by atoms with Crippen LogP contribution in [0.25, 0.3) is 10.9 Å². The molecular weight excluding hydrogens is 327 g/mol. The summed E-state index contributed by atoms with van der Waals surface area (Å²) in [4.78, 5) is 19.8. The quantitative estimate of drug-likeness (QED) is 0.423. The number of halogens is 1. The van der Waals surface area contributed by atoms with Crippen molar-refractivity contribution in [2.45, 2.75) is 6.92 Å². The smallest absolute Gasteiger partial charge is 0.402 e. The van der Waals surface area contributed by atoms with Crippen LogP contribution < -0.4 is 15.8 Å². The van der Waals surface area contributed by atoms with Crippen LogP contribution in [-0.4, -0.2) is 23.0 Å². The van der Waals surface area contributed by atoms with Crippen molar-refractivity contribution in [3.8, 4) is 5.75 Å². The number of fused-ring (bicyclic) bond motifs is 1. The highest BCUT2D eigenvalue weighted by Gasteiger charge is 2.13. The third kappa shape index (κ3) is 3.74. The number of hydrogen-bond acceptors (Lipinski definition) is 7. The molecule has 0 saturated heterocycles. The van der Waals surface area contributed by atoms with Gasteiger partial charge in [0.1, 0.15) is 12.1 Å². The van der Waals surface area contributed by atoms with Crippen molar-refractivity contribution < 1.29 is 18.7 Å². The van der Waals surface area contributed by atoms with Gasteiger partial charge in [-0.3, -0.25) is 0 Å². The summed E-state index contributed by atoms with van der Waals surface area (Å²) < 4.78 is 21.3. The minimum absolute atomic E-state index is 0.195. The summed E-state index contributed by atoms with van der Waals surface area (Å²) in [5.41, 5.74) is 8.35. The fraction of sp³-hybridized carbons (Fsp3) is 0.118. The number of alkyl halides is 1. The molecule has 3 aromatic rings. The molecule has 0 bridgehead atoms. The Balaban J connectivity index is 1.97. The molecule has 0 aliphatic carbocycles. The normalized spacial score (nSPS) is 10.5. The minimum Gasteiger partial charge on any atom is -0.402 e. The van der Waals surface area contributed by atoms with E-state index in [-0.39, 0.29) is 5.75 Å². The highest BCUT2D eigenvalue weighted by Crippen LogP contribution is 2.31. The van der Waals surface area contributed by atoms with Gasteiger partial charge in [-0.25, -0.2) is 19.2 Å². The van der Waals surface area contributed by atoms with Gasteiger partial charge in [0.05, 0.1) is 11.2 Å². The fourth-order valence-electron chi connectivity index (χ4n) is 2.28. The number of nitrogens with two attached hydrogens (primary N) is 1. The van der Waals surface area contributed by atoms with Crippen LogP contribution in [0.1, 0.15) is 5.56 Å². The van der Waals surface area contributed by atoms with Gasteiger partial charge in [-0.1, -0.05) is 6.07 Å². The van der Waals surface area contributed by atoms with Crippen molar-refractivity contribution in [3.05, 3.63) is 48.3 Å². The number of anilines is 3. The van der Waals surface area contributed by atoms with Gasteiger partial charge in [-0.05, 0) is 42.8 Å². The van der Waals surface area contributed by atoms with Gasteiger partial charge in [0.25, 0.3) is 0 Å². The third-order valence-corrected chi connectivity index (χ3v) is 3.42. The van der Waals surface area contributed by atoms with Gasteiger partial charge in [0.2, 0.25) is 6.86 Å². The zero-order valence-electron chi connectivity index (χ0n) is 13.3. The Kier molecular flexibility index (Phi) is 4.60. The molecule has 0 aliphatic rings. The van der Waals surface area contributed by atoms with Crippen LogP contribution in [0.15, 0.2) is 42.7 Å². The molecule has 3 N–H and O–H groups in total. The van der Waals surface area contributed by atoms with Crippen LogP contribution in [-0.2, 0) is 4.74 Å². The molecule has 0 aliphatic heterocycles. The highest BCUT2D eigenvalue weighted by molar-refractivity contribution is 5.92. The Hall–Kier alpha value is -3.42. The molecule has 0 spiro atoms. The molecule has 0 radical (unpaired) electrons. The predicted molar refractivity (Wildman–Crippen MR) is 91.5 cm³/mol. The molecular formula is C17H15FN4O3. The van der Waals surface area contributed by atoms with E-state index in [2.05, 4.69) is 20.0 Å². The maximum absolute atomic E-state index is 12.1. The lowest BCUT2D eigenvalue weighted by atomic mass is 10.2. The zero-order valence-corrected chi connectivity index (χ0v) is 13.3. The molecule has 3 rings (SSSR count). The number of rotatable bonds is 4. The second-order valence-electron chi connectivity index (χ2n) is 5.23. The molecule has 0 atom stereocenters. The predicted octanol–water partition coefficient (Wildman–Crippen LogP) is 3.71. The first-order chi connectivity index (χ1) is 12.1. The average Bonchev–Trinajstić information content (AvgIpc) is 2.57. The lowest BCUT2D eigenvalue weighted by Crippen LogP contribution is -2.11. The Labute approximate surface area is 142 Å². The van der Waals surface area contributed by atoms with Crippen LogP contribution in [0.4, 0.5) is 26.4 Å². The number of nitrogens with one attached hydrogen (secondary N) is 1. The Morgan fingerprint density at radius 3 is 2.88 bits per heavy atom. The number of aryl methyl sites for hydroxylation is 1. The molecule has 0 saturated carbocycles. The van der Waals surface area contributed by atoms with Gasteiger partial charge in [-0.2, -0.15) is 0 Å². The van der Waals surface area contributed by atoms with Crippen LogP contribution >= 0.6 is 0 Å². The zero-order chi connectivity index (χ0) is 17.8. The molecule has 8 heteroatoms. The second-order valence-corrected chi connectivity index (χ2v) is 5.23. The lowest BCUT2D eigenvalue weighted by Gasteiger charge is -2.13. The molecule has 25 heavy (non-hydrogen) atoms. The monoisotopic (exact) mass is 342 g/mol. The van der Waals surface area contributed by atoms with E-state index in [9.17, 15) is 9.18 Å². The highest BCUT2D eigenvalue weighted by atomic mass is 19.1. The van der Waals surface area contributed by atoms with Crippen LogP contribution in [0, 0.1) is 6.92 Å². The number of hydrogen-bond donors (Lipinski definition) is 2. The summed E-state index contributed by atoms with van der Waals surface area (Å²) in [6.45, 7) is 0.575. The number of aromatic nitrogens is 2. The summed E-state index contributed by atoms with van der Waals surface area (Å²) in [5.74, 6) is 0.707. The largest absolute Gasteiger partial charge is 0.516 e. The first-order valence-electron chi connectivity index (χ1n) is 7.35. The van der Waals surface area contributed by atoms with E-state index < -0.39 is 13.0 Å². The Morgan fingerprint density at radius 1 is 1.24 bits per heavy atom. The number of ether oxygens (including phenoxy) is 2. The molecule has 7 nitrogen and oxygen atoms in total. The van der Waals surface area contributed by atoms with Crippen LogP contribution in [0.2, 0.25) is 0 Å². The topological polar surface area (TPSA) is 99.4 Å². The Bertz CT molecular complexity index is 933. The number of nitrogen functional groups attached to an aromatic ring is 1. The Morgan fingerprint density at radius 2 is 2.08 bits per heavy atom. The first-order valence-corrected chi connectivity index (χ1v) is 7.35. The second kappa shape index (κ2) is 7.00. The van der Waals surface area contributed by atoms with Crippen LogP contribution in [0.3, 0.4) is 0 Å². The van der Waals surface area contributed by atoms with Crippen molar-refractivity contribution in [1.82, 2.24) is 9.97 Å². The first kappa shape index (κ1) is 16.4. The molecule has 0 unspecified atom stereocenters. The average molecular weight is 342 g/mol. The minimum atomic E-state index is -1.26. The SMILES string of the molecule is Cc1ccc(Nc2ncnc3cc(N)ccc23)c(OC(=O)OCF)c1. The maximum atomic E-state index is 12.1. The van der Waals surface area contributed by atoms with E-state index in [1.165, 1.54) is 6.33 Å². The number of carbonyl (C=O) groups excluding carboxylic acids is 1. The number of carbonyl (C=O) groups is 1. The van der Waals surface area contributed by atoms with Crippen molar-refractivity contribution in [2.75, 3.05) is 17.9 Å². The van der Waals surface area contributed by atoms with Crippen molar-refractivity contribution in [1.29, 1.82) is 0 Å². The molecule has 0 amide bonds. The third-order valence-electron chi connectivity index (χ3n) is 3.42. The van der Waals surface area contributed by atoms with E-state index in [0.29, 0.717) is 22.7 Å².